The third-order valence-corrected chi connectivity index (χ3v) is 5.55. The van der Waals surface area contributed by atoms with Crippen molar-refractivity contribution >= 4 is 5.97 Å². The number of carbonyl (C=O) groups is 1. The summed E-state index contributed by atoms with van der Waals surface area (Å²) in [4.78, 5) is 14.0. The van der Waals surface area contributed by atoms with Gasteiger partial charge >= 0.3 is 5.97 Å². The van der Waals surface area contributed by atoms with Crippen molar-refractivity contribution in [3.8, 4) is 0 Å². The third-order valence-electron chi connectivity index (χ3n) is 5.55. The Bertz CT molecular complexity index is 307. The van der Waals surface area contributed by atoms with E-state index in [0.717, 1.165) is 26.1 Å². The van der Waals surface area contributed by atoms with Crippen molar-refractivity contribution in [2.75, 3.05) is 26.2 Å². The van der Waals surface area contributed by atoms with E-state index in [1.807, 2.05) is 0 Å². The first kappa shape index (κ1) is 29.6. The largest absolute Gasteiger partial charge is 0.464 e. The van der Waals surface area contributed by atoms with Crippen LogP contribution < -0.4 is 6.15 Å². The number of likely N-dealkylation sites (N-methyl/N-ethyl adjacent to an activating group) is 1. The first-order valence-corrected chi connectivity index (χ1v) is 12.1. The predicted octanol–water partition coefficient (Wildman–Crippen LogP) is 7.29. The maximum absolute atomic E-state index is 11.7. The van der Waals surface area contributed by atoms with Crippen LogP contribution in [0.3, 0.4) is 0 Å². The number of ether oxygens (including phenoxy) is 1. The van der Waals surface area contributed by atoms with Crippen LogP contribution in [0.2, 0.25) is 0 Å². The highest BCUT2D eigenvalue weighted by molar-refractivity contribution is 5.69. The van der Waals surface area contributed by atoms with E-state index < -0.39 is 0 Å². The molecule has 170 valence electrons. The number of carbonyl (C=O) groups excluding carboxylic acids is 1. The second kappa shape index (κ2) is 24.4. The summed E-state index contributed by atoms with van der Waals surface area (Å²) in [5.41, 5.74) is 0. The monoisotopic (exact) mass is 400 g/mol. The smallest absolute Gasteiger partial charge is 0.305 e. The molecule has 0 saturated heterocycles. The molecule has 0 aromatic heterocycles. The highest BCUT2D eigenvalue weighted by Gasteiger charge is 2.04. The first-order valence-electron chi connectivity index (χ1n) is 12.1. The number of rotatable bonds is 21. The second-order valence-corrected chi connectivity index (χ2v) is 7.95. The van der Waals surface area contributed by atoms with Gasteiger partial charge in [-0.05, 0) is 19.5 Å². The molecule has 0 bridgehead atoms. The van der Waals surface area contributed by atoms with Crippen molar-refractivity contribution in [3.05, 3.63) is 0 Å². The van der Waals surface area contributed by atoms with Gasteiger partial charge in [0.2, 0.25) is 0 Å². The molecule has 4 nitrogen and oxygen atoms in total. The number of hydrogen-bond acceptors (Lipinski definition) is 4. The fraction of sp³-hybridized carbons (Fsp3) is 0.958. The molecule has 0 aromatic carbocycles. The summed E-state index contributed by atoms with van der Waals surface area (Å²) >= 11 is 0. The lowest BCUT2D eigenvalue weighted by Gasteiger charge is -2.17. The summed E-state index contributed by atoms with van der Waals surface area (Å²) in [7, 11) is 0. The fourth-order valence-corrected chi connectivity index (χ4v) is 3.54. The van der Waals surface area contributed by atoms with Gasteiger partial charge in [0.1, 0.15) is 6.61 Å². The molecule has 4 heteroatoms. The van der Waals surface area contributed by atoms with Crippen LogP contribution in [0, 0.1) is 0 Å². The third kappa shape index (κ3) is 21.7. The predicted molar refractivity (Wildman–Crippen MR) is 123 cm³/mol. The lowest BCUT2D eigenvalue weighted by molar-refractivity contribution is -0.144. The van der Waals surface area contributed by atoms with Crippen LogP contribution in [0.4, 0.5) is 0 Å². The van der Waals surface area contributed by atoms with E-state index in [2.05, 4.69) is 25.7 Å². The molecule has 0 fully saturated rings. The summed E-state index contributed by atoms with van der Waals surface area (Å²) in [5, 5.41) is 0. The number of hydrogen-bond donors (Lipinski definition) is 1. The quantitative estimate of drug-likeness (QED) is 0.162. The van der Waals surface area contributed by atoms with Crippen molar-refractivity contribution in [3.63, 3.8) is 0 Å². The van der Waals surface area contributed by atoms with Crippen LogP contribution in [0.15, 0.2) is 0 Å². The number of unbranched alkanes of at least 4 members (excludes halogenated alkanes) is 14. The summed E-state index contributed by atoms with van der Waals surface area (Å²) in [6, 6.07) is 0. The average Bonchev–Trinajstić information content (AvgIpc) is 2.68. The molecule has 0 aliphatic heterocycles. The van der Waals surface area contributed by atoms with Gasteiger partial charge in [0.15, 0.2) is 0 Å². The van der Waals surface area contributed by atoms with Gasteiger partial charge in [0.05, 0.1) is 0 Å². The molecular weight excluding hydrogens is 348 g/mol. The highest BCUT2D eigenvalue weighted by atomic mass is 16.5. The molecule has 0 aliphatic rings. The van der Waals surface area contributed by atoms with Gasteiger partial charge in [-0.3, -0.25) is 4.79 Å². The number of nitrogens with zero attached hydrogens (tertiary/aromatic N) is 1. The van der Waals surface area contributed by atoms with Crippen molar-refractivity contribution < 1.29 is 9.53 Å². The minimum atomic E-state index is -0.0168. The van der Waals surface area contributed by atoms with Crippen LogP contribution in [-0.4, -0.2) is 37.1 Å². The summed E-state index contributed by atoms with van der Waals surface area (Å²) < 4.78 is 5.31. The van der Waals surface area contributed by atoms with Crippen LogP contribution in [0.5, 0.6) is 0 Å². The average molecular weight is 401 g/mol. The molecule has 28 heavy (non-hydrogen) atoms. The minimum Gasteiger partial charge on any atom is -0.464 e. The van der Waals surface area contributed by atoms with Gasteiger partial charge in [-0.15, -0.1) is 0 Å². The van der Waals surface area contributed by atoms with Crippen molar-refractivity contribution in [1.82, 2.24) is 11.1 Å². The maximum atomic E-state index is 11.7. The zero-order chi connectivity index (χ0) is 20.0. The van der Waals surface area contributed by atoms with E-state index in [1.54, 1.807) is 0 Å². The van der Waals surface area contributed by atoms with E-state index >= 15 is 0 Å². The lowest BCUT2D eigenvalue weighted by atomic mass is 10.0. The first-order chi connectivity index (χ1) is 13.2. The molecule has 0 unspecified atom stereocenters. The standard InChI is InChI=1S/C24H49NO2.H3N/c1-4-7-8-9-10-11-12-13-14-15-16-17-18-19-20-21-24(26)27-23-22-25(5-2)6-3;/h4-23H2,1-3H3;1H3. The van der Waals surface area contributed by atoms with Crippen molar-refractivity contribution in [2.24, 2.45) is 0 Å². The molecular formula is C24H52N2O2. The van der Waals surface area contributed by atoms with E-state index in [0.29, 0.717) is 13.0 Å². The maximum Gasteiger partial charge on any atom is 0.305 e. The van der Waals surface area contributed by atoms with Gasteiger partial charge in [0.25, 0.3) is 0 Å². The van der Waals surface area contributed by atoms with Crippen LogP contribution >= 0.6 is 0 Å². The summed E-state index contributed by atoms with van der Waals surface area (Å²) in [5.74, 6) is -0.0168. The van der Waals surface area contributed by atoms with E-state index in [9.17, 15) is 4.79 Å². The molecule has 0 aliphatic carbocycles. The van der Waals surface area contributed by atoms with Crippen molar-refractivity contribution in [1.29, 1.82) is 0 Å². The van der Waals surface area contributed by atoms with Crippen LogP contribution in [0.25, 0.3) is 0 Å². The van der Waals surface area contributed by atoms with E-state index in [1.165, 1.54) is 89.9 Å². The van der Waals surface area contributed by atoms with Gasteiger partial charge in [-0.1, -0.05) is 111 Å². The molecule has 0 amide bonds. The Morgan fingerprint density at radius 1 is 0.643 bits per heavy atom. The molecule has 0 atom stereocenters. The van der Waals surface area contributed by atoms with E-state index in [4.69, 9.17) is 4.74 Å². The summed E-state index contributed by atoms with van der Waals surface area (Å²) in [6.07, 6.45) is 20.9. The molecule has 0 aromatic rings. The Labute approximate surface area is 176 Å². The van der Waals surface area contributed by atoms with Crippen LogP contribution in [-0.2, 0) is 9.53 Å². The van der Waals surface area contributed by atoms with Crippen molar-refractivity contribution in [2.45, 2.75) is 124 Å². The molecule has 0 heterocycles. The molecule has 0 rings (SSSR count). The van der Waals surface area contributed by atoms with E-state index in [-0.39, 0.29) is 12.1 Å². The minimum absolute atomic E-state index is 0. The normalized spacial score (nSPS) is 10.9. The Hall–Kier alpha value is -0.610. The van der Waals surface area contributed by atoms with Gasteiger partial charge in [0, 0.05) is 13.0 Å². The zero-order valence-electron chi connectivity index (χ0n) is 19.6. The second-order valence-electron chi connectivity index (χ2n) is 7.95. The molecule has 0 spiro atoms. The molecule has 0 saturated carbocycles. The SMILES string of the molecule is CCCCCCCCCCCCCCCCCC(=O)OCCN(CC)CC.N. The zero-order valence-corrected chi connectivity index (χ0v) is 19.6. The molecule has 0 radical (unpaired) electrons. The lowest BCUT2D eigenvalue weighted by Crippen LogP contribution is -2.27. The number of esters is 1. The Kier molecular flexibility index (Phi) is 25.8. The summed E-state index contributed by atoms with van der Waals surface area (Å²) in [6.45, 7) is 10.0. The topological polar surface area (TPSA) is 64.5 Å². The van der Waals surface area contributed by atoms with Gasteiger partial charge in [-0.2, -0.15) is 0 Å². The Morgan fingerprint density at radius 2 is 1.04 bits per heavy atom. The van der Waals surface area contributed by atoms with Gasteiger partial charge in [-0.25, -0.2) is 0 Å². The Balaban J connectivity index is 0. The molecule has 3 N–H and O–H groups in total. The Morgan fingerprint density at radius 3 is 1.43 bits per heavy atom. The van der Waals surface area contributed by atoms with Crippen LogP contribution in [0.1, 0.15) is 124 Å². The highest BCUT2D eigenvalue weighted by Crippen LogP contribution is 2.13. The fourth-order valence-electron chi connectivity index (χ4n) is 3.54. The van der Waals surface area contributed by atoms with Gasteiger partial charge < -0.3 is 15.8 Å².